The molecule has 0 spiro atoms. The van der Waals surface area contributed by atoms with Crippen molar-refractivity contribution >= 4 is 5.57 Å². The van der Waals surface area contributed by atoms with Gasteiger partial charge in [-0.25, -0.2) is 0 Å². The van der Waals surface area contributed by atoms with E-state index >= 15 is 0 Å². The van der Waals surface area contributed by atoms with Gasteiger partial charge in [0.15, 0.2) is 0 Å². The molecular weight excluding hydrogens is 426 g/mol. The third-order valence-corrected chi connectivity index (χ3v) is 6.51. The molecule has 2 aliphatic carbocycles. The van der Waals surface area contributed by atoms with Gasteiger partial charge in [0.05, 0.1) is 0 Å². The Labute approximate surface area is 178 Å². The van der Waals surface area contributed by atoms with Gasteiger partial charge in [0.1, 0.15) is 0 Å². The zero-order chi connectivity index (χ0) is 16.2. The van der Waals surface area contributed by atoms with Crippen molar-refractivity contribution in [1.82, 2.24) is 0 Å². The third kappa shape index (κ3) is 3.49. The fourth-order valence-corrected chi connectivity index (χ4v) is 5.16. The fraction of sp³-hybridized carbons (Fsp3) is 0.273. The molecule has 0 saturated carbocycles. The predicted molar refractivity (Wildman–Crippen MR) is 93.9 cm³/mol. The summed E-state index contributed by atoms with van der Waals surface area (Å²) in [4.78, 5) is 0. The molecule has 127 valence electrons. The normalized spacial score (nSPS) is 17.7. The van der Waals surface area contributed by atoms with Crippen molar-refractivity contribution in [2.75, 3.05) is 0 Å². The maximum absolute atomic E-state index is 2.43. The quantitative estimate of drug-likeness (QED) is 0.581. The van der Waals surface area contributed by atoms with Gasteiger partial charge in [-0.2, -0.15) is 0 Å². The van der Waals surface area contributed by atoms with Gasteiger partial charge >= 0.3 is 155 Å². The summed E-state index contributed by atoms with van der Waals surface area (Å²) in [5.74, 6) is 0. The van der Waals surface area contributed by atoms with Gasteiger partial charge in [-0.3, -0.25) is 0 Å². The zero-order valence-electron chi connectivity index (χ0n) is 14.7. The topological polar surface area (TPSA) is 0 Å². The molecular formula is C22H21Cl2Zr. The molecule has 0 nitrogen and oxygen atoms in total. The van der Waals surface area contributed by atoms with Crippen molar-refractivity contribution in [1.29, 1.82) is 0 Å². The van der Waals surface area contributed by atoms with Crippen LogP contribution in [0.25, 0.3) is 16.7 Å². The minimum atomic E-state index is 0. The molecule has 0 fully saturated rings. The SMILES string of the molecule is CC(C)(C)C1=CCC(c2cccc3c2[CH]([Zr+2])c2ccccc2-3)=C1.[Cl-].[Cl-]. The molecule has 2 aliphatic rings. The smallest absolute Gasteiger partial charge is 1.00 e. The van der Waals surface area contributed by atoms with E-state index in [0.717, 1.165) is 6.42 Å². The molecule has 1 atom stereocenters. The summed E-state index contributed by atoms with van der Waals surface area (Å²) in [7, 11) is 0. The van der Waals surface area contributed by atoms with Crippen LogP contribution in [-0.4, -0.2) is 0 Å². The average molecular weight is 448 g/mol. The van der Waals surface area contributed by atoms with Crippen LogP contribution in [0.2, 0.25) is 0 Å². The molecule has 4 rings (SSSR count). The molecule has 0 N–H and O–H groups in total. The van der Waals surface area contributed by atoms with Crippen molar-refractivity contribution in [2.45, 2.75) is 30.8 Å². The van der Waals surface area contributed by atoms with Crippen LogP contribution in [-0.2, 0) is 24.7 Å². The molecule has 3 heteroatoms. The molecule has 1 unspecified atom stereocenters. The Morgan fingerprint density at radius 2 is 1.52 bits per heavy atom. The summed E-state index contributed by atoms with van der Waals surface area (Å²) in [5.41, 5.74) is 10.6. The number of benzene rings is 2. The van der Waals surface area contributed by atoms with Gasteiger partial charge in [0.2, 0.25) is 0 Å². The molecule has 0 amide bonds. The Morgan fingerprint density at radius 1 is 0.880 bits per heavy atom. The van der Waals surface area contributed by atoms with Crippen LogP contribution < -0.4 is 24.8 Å². The summed E-state index contributed by atoms with van der Waals surface area (Å²) >= 11 is 1.58. The van der Waals surface area contributed by atoms with Crippen LogP contribution in [0.15, 0.2) is 60.2 Å². The van der Waals surface area contributed by atoms with Crippen molar-refractivity contribution in [3.63, 3.8) is 0 Å². The van der Waals surface area contributed by atoms with Gasteiger partial charge in [-0.05, 0) is 0 Å². The standard InChI is InChI=1S/C22H21.2ClH.Zr/c1-22(2,3)17-12-11-16(13-17)19-9-6-10-20-18-8-5-4-7-15(18)14-21(19)20;;;/h4-10,12-14H,11H2,1-3H3;2*1H;/q;;;+2/p-2. The number of rotatable bonds is 1. The van der Waals surface area contributed by atoms with Gasteiger partial charge in [0, 0.05) is 0 Å². The van der Waals surface area contributed by atoms with Crippen molar-refractivity contribution in [2.24, 2.45) is 5.41 Å². The fourth-order valence-electron chi connectivity index (χ4n) is 3.78. The van der Waals surface area contributed by atoms with Crippen LogP contribution in [0.1, 0.15) is 47.5 Å². The molecule has 2 aromatic rings. The third-order valence-electron chi connectivity index (χ3n) is 5.04. The number of halogens is 2. The Balaban J connectivity index is 0.00000113. The van der Waals surface area contributed by atoms with E-state index < -0.39 is 0 Å². The van der Waals surface area contributed by atoms with E-state index in [9.17, 15) is 0 Å². The first-order valence-electron chi connectivity index (χ1n) is 8.32. The Hall–Kier alpha value is -0.617. The van der Waals surface area contributed by atoms with E-state index in [0.29, 0.717) is 3.63 Å². The first kappa shape index (κ1) is 20.7. The van der Waals surface area contributed by atoms with Crippen molar-refractivity contribution < 1.29 is 49.5 Å². The number of hydrogen-bond donors (Lipinski definition) is 0. The number of fused-ring (bicyclic) bond motifs is 3. The first-order valence-corrected chi connectivity index (χ1v) is 9.73. The Bertz CT molecular complexity index is 857. The second kappa shape index (κ2) is 7.55. The molecule has 25 heavy (non-hydrogen) atoms. The molecule has 0 aromatic heterocycles. The van der Waals surface area contributed by atoms with E-state index in [4.69, 9.17) is 0 Å². The van der Waals surface area contributed by atoms with Gasteiger partial charge in [0.25, 0.3) is 0 Å². The minimum Gasteiger partial charge on any atom is -1.00 e. The first-order chi connectivity index (χ1) is 11.0. The van der Waals surface area contributed by atoms with E-state index in [1.165, 1.54) is 33.4 Å². The van der Waals surface area contributed by atoms with E-state index in [-0.39, 0.29) is 30.2 Å². The second-order valence-electron chi connectivity index (χ2n) is 7.57. The molecule has 0 radical (unpaired) electrons. The summed E-state index contributed by atoms with van der Waals surface area (Å²) in [6, 6.07) is 15.8. The van der Waals surface area contributed by atoms with Gasteiger partial charge in [-0.15, -0.1) is 0 Å². The van der Waals surface area contributed by atoms with Crippen molar-refractivity contribution in [3.8, 4) is 11.1 Å². The summed E-state index contributed by atoms with van der Waals surface area (Å²) in [6.45, 7) is 6.91. The summed E-state index contributed by atoms with van der Waals surface area (Å²) in [5, 5.41) is 0. The molecule has 0 aliphatic heterocycles. The summed E-state index contributed by atoms with van der Waals surface area (Å²) < 4.78 is 0.573. The minimum absolute atomic E-state index is 0. The van der Waals surface area contributed by atoms with Crippen LogP contribution in [0.3, 0.4) is 0 Å². The van der Waals surface area contributed by atoms with Crippen LogP contribution in [0.5, 0.6) is 0 Å². The maximum atomic E-state index is 2.43. The largest absolute Gasteiger partial charge is 1.00 e. The Kier molecular flexibility index (Phi) is 6.25. The van der Waals surface area contributed by atoms with E-state index in [1.54, 1.807) is 30.3 Å². The van der Waals surface area contributed by atoms with Crippen LogP contribution in [0, 0.1) is 5.41 Å². The second-order valence-corrected chi connectivity index (χ2v) is 8.99. The van der Waals surface area contributed by atoms with Gasteiger partial charge < -0.3 is 24.8 Å². The molecule has 2 aromatic carbocycles. The van der Waals surface area contributed by atoms with Crippen LogP contribution in [0.4, 0.5) is 0 Å². The monoisotopic (exact) mass is 445 g/mol. The molecule has 0 bridgehead atoms. The van der Waals surface area contributed by atoms with Crippen molar-refractivity contribution in [3.05, 3.63) is 76.9 Å². The average Bonchev–Trinajstić information content (AvgIpc) is 3.12. The Morgan fingerprint density at radius 3 is 2.20 bits per heavy atom. The van der Waals surface area contributed by atoms with Gasteiger partial charge in [-0.1, -0.05) is 0 Å². The molecule has 0 heterocycles. The van der Waals surface area contributed by atoms with E-state index in [2.05, 4.69) is 75.4 Å². The summed E-state index contributed by atoms with van der Waals surface area (Å²) in [6.07, 6.45) is 5.92. The van der Waals surface area contributed by atoms with Crippen LogP contribution >= 0.6 is 0 Å². The maximum Gasteiger partial charge on any atom is -1.00 e. The zero-order valence-corrected chi connectivity index (χ0v) is 18.7. The predicted octanol–water partition coefficient (Wildman–Crippen LogP) is 0.0708. The van der Waals surface area contributed by atoms with E-state index in [1.807, 2.05) is 0 Å². The number of allylic oxidation sites excluding steroid dienone is 4. The number of hydrogen-bond acceptors (Lipinski definition) is 0. The molecule has 0 saturated heterocycles.